The summed E-state index contributed by atoms with van der Waals surface area (Å²) in [6.07, 6.45) is 0. The maximum Gasteiger partial charge on any atom is 0.0711 e. The van der Waals surface area contributed by atoms with Gasteiger partial charge in [-0.2, -0.15) is 0 Å². The Morgan fingerprint density at radius 3 is 1.45 bits per heavy atom. The van der Waals surface area contributed by atoms with Crippen molar-refractivity contribution in [1.82, 2.24) is 9.97 Å². The van der Waals surface area contributed by atoms with E-state index in [0.29, 0.717) is 0 Å². The van der Waals surface area contributed by atoms with Crippen LogP contribution in [0.1, 0.15) is 14.2 Å². The minimum atomic E-state index is 0. The Kier molecular flexibility index (Phi) is 3.30. The second-order valence-electron chi connectivity index (χ2n) is 4.87. The summed E-state index contributed by atoms with van der Waals surface area (Å²) in [4.78, 5) is 9.25. The Bertz CT molecular complexity index is 693. The van der Waals surface area contributed by atoms with Crippen LogP contribution in [0.25, 0.3) is 22.5 Å². The summed E-state index contributed by atoms with van der Waals surface area (Å²) in [6.45, 7) is 4.02. The van der Waals surface area contributed by atoms with Gasteiger partial charge in [-0.05, 0) is 38.1 Å². The Morgan fingerprint density at radius 1 is 0.600 bits per heavy atom. The van der Waals surface area contributed by atoms with Crippen molar-refractivity contribution in [3.8, 4) is 22.5 Å². The smallest absolute Gasteiger partial charge is 0.0711 e. The molecule has 1 aromatic carbocycles. The molecule has 2 heteroatoms. The van der Waals surface area contributed by atoms with Gasteiger partial charge in [0.1, 0.15) is 0 Å². The molecule has 0 fully saturated rings. The number of benzene rings is 1. The summed E-state index contributed by atoms with van der Waals surface area (Å²) < 4.78 is 0. The largest absolute Gasteiger partial charge is 0.253 e. The van der Waals surface area contributed by atoms with E-state index in [0.717, 1.165) is 33.9 Å². The molecule has 0 amide bonds. The molecule has 0 saturated heterocycles. The van der Waals surface area contributed by atoms with Gasteiger partial charge in [0.25, 0.3) is 0 Å². The number of rotatable bonds is 2. The molecule has 3 rings (SSSR count). The molecule has 0 unspecified atom stereocenters. The van der Waals surface area contributed by atoms with E-state index in [2.05, 4.69) is 22.1 Å². The predicted molar refractivity (Wildman–Crippen MR) is 86.6 cm³/mol. The Hall–Kier alpha value is -2.48. The molecule has 0 N–H and O–H groups in total. The number of nitrogens with zero attached hydrogens (tertiary/aromatic N) is 2. The van der Waals surface area contributed by atoms with Crippen LogP contribution in [0.2, 0.25) is 0 Å². The maximum atomic E-state index is 4.62. The highest BCUT2D eigenvalue weighted by molar-refractivity contribution is 5.80. The van der Waals surface area contributed by atoms with Crippen molar-refractivity contribution in [2.45, 2.75) is 13.8 Å². The fraction of sp³-hybridized carbons (Fsp3) is 0.111. The van der Waals surface area contributed by atoms with Gasteiger partial charge < -0.3 is 0 Å². The lowest BCUT2D eigenvalue weighted by atomic mass is 10.0. The first-order valence-electron chi connectivity index (χ1n) is 6.71. The molecule has 2 heterocycles. The third-order valence-corrected chi connectivity index (χ3v) is 3.26. The van der Waals surface area contributed by atoms with Crippen molar-refractivity contribution < 1.29 is 2.85 Å². The second kappa shape index (κ2) is 5.25. The SMILES string of the molecule is Cc1cccc(-c2ccccc2-c2cccc(C)n2)n1.[HH].[HH]. The van der Waals surface area contributed by atoms with Gasteiger partial charge in [-0.3, -0.25) is 9.97 Å². The molecule has 0 aliphatic carbocycles. The number of pyridine rings is 2. The zero-order valence-electron chi connectivity index (χ0n) is 11.7. The van der Waals surface area contributed by atoms with Gasteiger partial charge in [-0.25, -0.2) is 0 Å². The molecular weight excluding hydrogens is 244 g/mol. The third kappa shape index (κ3) is 2.45. The highest BCUT2D eigenvalue weighted by Gasteiger charge is 2.09. The normalized spacial score (nSPS) is 10.5. The van der Waals surface area contributed by atoms with Crippen LogP contribution in [0.3, 0.4) is 0 Å². The summed E-state index contributed by atoms with van der Waals surface area (Å²) in [6, 6.07) is 20.5. The van der Waals surface area contributed by atoms with Crippen LogP contribution in [0.15, 0.2) is 60.7 Å². The highest BCUT2D eigenvalue weighted by Crippen LogP contribution is 2.29. The Morgan fingerprint density at radius 2 is 1.05 bits per heavy atom. The van der Waals surface area contributed by atoms with Gasteiger partial charge in [0, 0.05) is 25.4 Å². The summed E-state index contributed by atoms with van der Waals surface area (Å²) in [5.41, 5.74) is 6.26. The van der Waals surface area contributed by atoms with Crippen LogP contribution < -0.4 is 0 Å². The van der Waals surface area contributed by atoms with Crippen molar-refractivity contribution in [2.75, 3.05) is 0 Å². The van der Waals surface area contributed by atoms with Crippen molar-refractivity contribution in [1.29, 1.82) is 0 Å². The molecule has 0 radical (unpaired) electrons. The van der Waals surface area contributed by atoms with Gasteiger partial charge >= 0.3 is 0 Å². The molecule has 0 aliphatic rings. The molecule has 0 saturated carbocycles. The van der Waals surface area contributed by atoms with Crippen molar-refractivity contribution in [2.24, 2.45) is 0 Å². The fourth-order valence-corrected chi connectivity index (χ4v) is 2.32. The first-order chi connectivity index (χ1) is 9.74. The summed E-state index contributed by atoms with van der Waals surface area (Å²) >= 11 is 0. The second-order valence-corrected chi connectivity index (χ2v) is 4.87. The van der Waals surface area contributed by atoms with E-state index in [9.17, 15) is 0 Å². The quantitative estimate of drug-likeness (QED) is 0.656. The zero-order valence-corrected chi connectivity index (χ0v) is 11.7. The van der Waals surface area contributed by atoms with Gasteiger partial charge in [-0.1, -0.05) is 36.4 Å². The summed E-state index contributed by atoms with van der Waals surface area (Å²) in [5.74, 6) is 0. The molecule has 102 valence electrons. The van der Waals surface area contributed by atoms with Gasteiger partial charge in [0.15, 0.2) is 0 Å². The minimum absolute atomic E-state index is 0. The van der Waals surface area contributed by atoms with E-state index in [1.54, 1.807) is 0 Å². The number of aryl methyl sites for hydroxylation is 2. The average molecular weight is 264 g/mol. The number of hydrogen-bond acceptors (Lipinski definition) is 2. The predicted octanol–water partition coefficient (Wildman–Crippen LogP) is 4.92. The van der Waals surface area contributed by atoms with Crippen LogP contribution in [0, 0.1) is 13.8 Å². The highest BCUT2D eigenvalue weighted by atomic mass is 14.7. The van der Waals surface area contributed by atoms with Gasteiger partial charge in [-0.15, -0.1) is 0 Å². The van der Waals surface area contributed by atoms with E-state index in [1.165, 1.54) is 0 Å². The van der Waals surface area contributed by atoms with E-state index in [4.69, 9.17) is 0 Å². The molecule has 0 bridgehead atoms. The standard InChI is InChI=1S/C18H16N2.2H2/c1-13-7-5-11-17(19-13)15-9-3-4-10-16(15)18-12-6-8-14(2)20-18;;/h3-12H,1-2H3;2*1H. The first-order valence-corrected chi connectivity index (χ1v) is 6.71. The fourth-order valence-electron chi connectivity index (χ4n) is 2.32. The lowest BCUT2D eigenvalue weighted by Crippen LogP contribution is -1.92. The van der Waals surface area contributed by atoms with Crippen molar-refractivity contribution in [3.63, 3.8) is 0 Å². The molecule has 3 aromatic rings. The molecule has 2 aromatic heterocycles. The monoisotopic (exact) mass is 264 g/mol. The Balaban J connectivity index is 0.00000121. The van der Waals surface area contributed by atoms with Crippen LogP contribution in [-0.4, -0.2) is 9.97 Å². The van der Waals surface area contributed by atoms with Crippen molar-refractivity contribution >= 4 is 0 Å². The third-order valence-electron chi connectivity index (χ3n) is 3.26. The summed E-state index contributed by atoms with van der Waals surface area (Å²) in [5, 5.41) is 0. The average Bonchev–Trinajstić information content (AvgIpc) is 2.47. The van der Waals surface area contributed by atoms with E-state index in [-0.39, 0.29) is 2.85 Å². The maximum absolute atomic E-state index is 4.62. The van der Waals surface area contributed by atoms with Crippen LogP contribution in [0.4, 0.5) is 0 Å². The topological polar surface area (TPSA) is 25.8 Å². The molecule has 0 atom stereocenters. The molecule has 2 nitrogen and oxygen atoms in total. The lowest BCUT2D eigenvalue weighted by Gasteiger charge is -2.09. The molecular formula is C18H20N2. The Labute approximate surface area is 122 Å². The van der Waals surface area contributed by atoms with Crippen LogP contribution >= 0.6 is 0 Å². The first kappa shape index (κ1) is 12.5. The molecule has 0 spiro atoms. The number of hydrogen-bond donors (Lipinski definition) is 0. The number of aromatic nitrogens is 2. The molecule has 20 heavy (non-hydrogen) atoms. The van der Waals surface area contributed by atoms with Gasteiger partial charge in [0.05, 0.1) is 11.4 Å². The van der Waals surface area contributed by atoms with Gasteiger partial charge in [0.2, 0.25) is 0 Å². The van der Waals surface area contributed by atoms with E-state index in [1.807, 2.05) is 62.4 Å². The van der Waals surface area contributed by atoms with E-state index < -0.39 is 0 Å². The van der Waals surface area contributed by atoms with E-state index >= 15 is 0 Å². The lowest BCUT2D eigenvalue weighted by molar-refractivity contribution is 1.19. The minimum Gasteiger partial charge on any atom is -0.253 e. The van der Waals surface area contributed by atoms with Crippen molar-refractivity contribution in [3.05, 3.63) is 72.1 Å². The van der Waals surface area contributed by atoms with Crippen LogP contribution in [0.5, 0.6) is 0 Å². The summed E-state index contributed by atoms with van der Waals surface area (Å²) in [7, 11) is 0. The molecule has 0 aliphatic heterocycles. The zero-order chi connectivity index (χ0) is 13.9. The van der Waals surface area contributed by atoms with Crippen LogP contribution in [-0.2, 0) is 0 Å².